The number of aromatic nitrogens is 1. The Balaban J connectivity index is 1.63. The van der Waals surface area contributed by atoms with E-state index in [9.17, 15) is 4.79 Å². The standard InChI is InChI=1S/C17H25N3O/c1-12-13(5-4-6-18-12)10-19(2)16-7-14-9-17(21)20(3)11-15(14)8-16/h4-6,14-16H,7-11H2,1-3H3/t14-,15+,16-/m1/s1. The van der Waals surface area contributed by atoms with Gasteiger partial charge in [0.2, 0.25) is 5.91 Å². The van der Waals surface area contributed by atoms with Gasteiger partial charge >= 0.3 is 0 Å². The fourth-order valence-electron chi connectivity index (χ4n) is 3.93. The van der Waals surface area contributed by atoms with Gasteiger partial charge in [-0.1, -0.05) is 6.07 Å². The molecule has 114 valence electrons. The van der Waals surface area contributed by atoms with Crippen molar-refractivity contribution in [2.75, 3.05) is 20.6 Å². The Hall–Kier alpha value is -1.42. The lowest BCUT2D eigenvalue weighted by Crippen LogP contribution is -2.39. The topological polar surface area (TPSA) is 36.4 Å². The summed E-state index contributed by atoms with van der Waals surface area (Å²) in [6.07, 6.45) is 4.99. The summed E-state index contributed by atoms with van der Waals surface area (Å²) >= 11 is 0. The Morgan fingerprint density at radius 2 is 2.14 bits per heavy atom. The first-order valence-corrected chi connectivity index (χ1v) is 7.89. The molecule has 0 radical (unpaired) electrons. The fourth-order valence-corrected chi connectivity index (χ4v) is 3.93. The van der Waals surface area contributed by atoms with E-state index in [0.29, 0.717) is 23.8 Å². The van der Waals surface area contributed by atoms with Gasteiger partial charge in [-0.3, -0.25) is 14.7 Å². The molecule has 1 aromatic heterocycles. The molecule has 21 heavy (non-hydrogen) atoms. The summed E-state index contributed by atoms with van der Waals surface area (Å²) < 4.78 is 0. The van der Waals surface area contributed by atoms with E-state index >= 15 is 0 Å². The molecule has 0 spiro atoms. The maximum absolute atomic E-state index is 11.9. The molecule has 0 bridgehead atoms. The van der Waals surface area contributed by atoms with Crippen LogP contribution < -0.4 is 0 Å². The van der Waals surface area contributed by atoms with Crippen molar-refractivity contribution in [2.45, 2.75) is 38.8 Å². The van der Waals surface area contributed by atoms with Crippen molar-refractivity contribution in [2.24, 2.45) is 11.8 Å². The number of pyridine rings is 1. The van der Waals surface area contributed by atoms with Crippen LogP contribution in [0.2, 0.25) is 0 Å². The third-order valence-electron chi connectivity index (χ3n) is 5.35. The van der Waals surface area contributed by atoms with Crippen LogP contribution in [0.3, 0.4) is 0 Å². The van der Waals surface area contributed by atoms with Crippen molar-refractivity contribution in [1.29, 1.82) is 0 Å². The largest absolute Gasteiger partial charge is 0.345 e. The van der Waals surface area contributed by atoms with Gasteiger partial charge in [-0.15, -0.1) is 0 Å². The first-order chi connectivity index (χ1) is 10.0. The second kappa shape index (κ2) is 5.76. The first kappa shape index (κ1) is 14.5. The fraction of sp³-hybridized carbons (Fsp3) is 0.647. The van der Waals surface area contributed by atoms with Crippen LogP contribution in [0, 0.1) is 18.8 Å². The number of hydrogen-bond acceptors (Lipinski definition) is 3. The van der Waals surface area contributed by atoms with Crippen molar-refractivity contribution in [1.82, 2.24) is 14.8 Å². The Morgan fingerprint density at radius 1 is 1.38 bits per heavy atom. The first-order valence-electron chi connectivity index (χ1n) is 7.89. The molecule has 1 aliphatic carbocycles. The number of amides is 1. The van der Waals surface area contributed by atoms with Crippen molar-refractivity contribution >= 4 is 5.91 Å². The predicted octanol–water partition coefficient (Wildman–Crippen LogP) is 2.08. The third-order valence-corrected chi connectivity index (χ3v) is 5.35. The summed E-state index contributed by atoms with van der Waals surface area (Å²) in [4.78, 5) is 20.6. The van der Waals surface area contributed by atoms with Gasteiger partial charge in [0.25, 0.3) is 0 Å². The second-order valence-corrected chi connectivity index (χ2v) is 6.79. The molecule has 1 saturated carbocycles. The summed E-state index contributed by atoms with van der Waals surface area (Å²) in [6.45, 7) is 3.97. The molecule has 4 heteroatoms. The van der Waals surface area contributed by atoms with Crippen LogP contribution in [0.1, 0.15) is 30.5 Å². The number of hydrogen-bond donors (Lipinski definition) is 0. The maximum Gasteiger partial charge on any atom is 0.222 e. The lowest BCUT2D eigenvalue weighted by molar-refractivity contribution is -0.134. The normalized spacial score (nSPS) is 29.0. The molecule has 2 aliphatic rings. The lowest BCUT2D eigenvalue weighted by Gasteiger charge is -2.31. The zero-order valence-corrected chi connectivity index (χ0v) is 13.2. The van der Waals surface area contributed by atoms with Crippen molar-refractivity contribution < 1.29 is 4.79 Å². The lowest BCUT2D eigenvalue weighted by atomic mass is 9.88. The number of aryl methyl sites for hydroxylation is 1. The van der Waals surface area contributed by atoms with Crippen LogP contribution in [0.15, 0.2) is 18.3 Å². The van der Waals surface area contributed by atoms with Crippen LogP contribution in [0.25, 0.3) is 0 Å². The van der Waals surface area contributed by atoms with Crippen LogP contribution >= 0.6 is 0 Å². The zero-order valence-electron chi connectivity index (χ0n) is 13.2. The SMILES string of the molecule is Cc1ncccc1CN(C)[C@@H]1C[C@@H]2CC(=O)N(C)C[C@@H]2C1. The smallest absolute Gasteiger partial charge is 0.222 e. The molecule has 1 aliphatic heterocycles. The van der Waals surface area contributed by atoms with Gasteiger partial charge in [-0.25, -0.2) is 0 Å². The highest BCUT2D eigenvalue weighted by molar-refractivity contribution is 5.77. The highest BCUT2D eigenvalue weighted by Crippen LogP contribution is 2.40. The Bertz CT molecular complexity index is 531. The van der Waals surface area contributed by atoms with E-state index < -0.39 is 0 Å². The van der Waals surface area contributed by atoms with Gasteiger partial charge < -0.3 is 4.90 Å². The van der Waals surface area contributed by atoms with Gasteiger partial charge in [0.15, 0.2) is 0 Å². The Kier molecular flexibility index (Phi) is 3.98. The number of carbonyl (C=O) groups is 1. The Labute approximate surface area is 127 Å². The van der Waals surface area contributed by atoms with Crippen LogP contribution in [-0.4, -0.2) is 47.4 Å². The molecule has 0 aromatic carbocycles. The van der Waals surface area contributed by atoms with Gasteiger partial charge in [0.1, 0.15) is 0 Å². The van der Waals surface area contributed by atoms with E-state index in [4.69, 9.17) is 0 Å². The van der Waals surface area contributed by atoms with Crippen LogP contribution in [-0.2, 0) is 11.3 Å². The molecule has 3 rings (SSSR count). The average molecular weight is 287 g/mol. The number of likely N-dealkylation sites (tertiary alicyclic amines) is 1. The number of nitrogens with zero attached hydrogens (tertiary/aromatic N) is 3. The molecule has 1 amide bonds. The molecule has 4 nitrogen and oxygen atoms in total. The van der Waals surface area contributed by atoms with E-state index in [1.165, 1.54) is 18.4 Å². The zero-order chi connectivity index (χ0) is 15.0. The van der Waals surface area contributed by atoms with Gasteiger partial charge in [-0.2, -0.15) is 0 Å². The molecule has 2 heterocycles. The Morgan fingerprint density at radius 3 is 2.90 bits per heavy atom. The minimum absolute atomic E-state index is 0.322. The number of piperidine rings is 1. The third kappa shape index (κ3) is 2.95. The van der Waals surface area contributed by atoms with E-state index in [-0.39, 0.29) is 0 Å². The van der Waals surface area contributed by atoms with E-state index in [1.54, 1.807) is 0 Å². The van der Waals surface area contributed by atoms with Crippen molar-refractivity contribution in [3.8, 4) is 0 Å². The monoisotopic (exact) mass is 287 g/mol. The second-order valence-electron chi connectivity index (χ2n) is 6.79. The summed E-state index contributed by atoms with van der Waals surface area (Å²) in [6, 6.07) is 4.77. The van der Waals surface area contributed by atoms with Crippen molar-refractivity contribution in [3.63, 3.8) is 0 Å². The highest BCUT2D eigenvalue weighted by atomic mass is 16.2. The molecule has 3 atom stereocenters. The average Bonchev–Trinajstić information content (AvgIpc) is 2.85. The minimum atomic E-state index is 0.322. The summed E-state index contributed by atoms with van der Waals surface area (Å²) in [5.74, 6) is 1.61. The number of carbonyl (C=O) groups excluding carboxylic acids is 1. The predicted molar refractivity (Wildman–Crippen MR) is 82.7 cm³/mol. The summed E-state index contributed by atoms with van der Waals surface area (Å²) in [5, 5.41) is 0. The highest BCUT2D eigenvalue weighted by Gasteiger charge is 2.41. The van der Waals surface area contributed by atoms with Gasteiger partial charge in [0, 0.05) is 44.5 Å². The quantitative estimate of drug-likeness (QED) is 0.854. The summed E-state index contributed by atoms with van der Waals surface area (Å²) in [5.41, 5.74) is 2.43. The van der Waals surface area contributed by atoms with E-state index in [0.717, 1.165) is 25.2 Å². The molecule has 1 aromatic rings. The van der Waals surface area contributed by atoms with E-state index in [1.807, 2.05) is 24.2 Å². The van der Waals surface area contributed by atoms with Crippen LogP contribution in [0.5, 0.6) is 0 Å². The maximum atomic E-state index is 11.9. The summed E-state index contributed by atoms with van der Waals surface area (Å²) in [7, 11) is 4.15. The number of fused-ring (bicyclic) bond motifs is 1. The number of rotatable bonds is 3. The van der Waals surface area contributed by atoms with Gasteiger partial charge in [-0.05, 0) is 50.3 Å². The molecular weight excluding hydrogens is 262 g/mol. The molecular formula is C17H25N3O. The molecule has 1 saturated heterocycles. The van der Waals surface area contributed by atoms with Crippen LogP contribution in [0.4, 0.5) is 0 Å². The molecule has 0 unspecified atom stereocenters. The minimum Gasteiger partial charge on any atom is -0.345 e. The van der Waals surface area contributed by atoms with Crippen molar-refractivity contribution in [3.05, 3.63) is 29.6 Å². The van der Waals surface area contributed by atoms with E-state index in [2.05, 4.69) is 29.9 Å². The molecule has 2 fully saturated rings. The molecule has 0 N–H and O–H groups in total. The van der Waals surface area contributed by atoms with Gasteiger partial charge in [0.05, 0.1) is 0 Å².